The van der Waals surface area contributed by atoms with E-state index in [0.717, 1.165) is 0 Å². The third-order valence-electron chi connectivity index (χ3n) is 3.71. The molecule has 1 amide bonds. The van der Waals surface area contributed by atoms with Gasteiger partial charge < -0.3 is 29.6 Å². The van der Waals surface area contributed by atoms with Gasteiger partial charge in [-0.05, 0) is 6.07 Å². The number of aryl methyl sites for hydroxylation is 1. The predicted octanol–water partition coefficient (Wildman–Crippen LogP) is -1.66. The van der Waals surface area contributed by atoms with Gasteiger partial charge in [-0.15, -0.1) is 0 Å². The molecule has 0 spiro atoms. The summed E-state index contributed by atoms with van der Waals surface area (Å²) in [6, 6.07) is 2.55. The highest BCUT2D eigenvalue weighted by atomic mass is 16.6. The van der Waals surface area contributed by atoms with Crippen molar-refractivity contribution in [3.05, 3.63) is 34.2 Å². The van der Waals surface area contributed by atoms with Crippen LogP contribution in [0.25, 0.3) is 0 Å². The fourth-order valence-electron chi connectivity index (χ4n) is 2.54. The molecule has 1 aromatic rings. The summed E-state index contributed by atoms with van der Waals surface area (Å²) in [7, 11) is 1.62. The summed E-state index contributed by atoms with van der Waals surface area (Å²) in [5.41, 5.74) is 0.0563. The summed E-state index contributed by atoms with van der Waals surface area (Å²) in [5, 5.41) is 19.3. The molecule has 2 aliphatic heterocycles. The van der Waals surface area contributed by atoms with Crippen LogP contribution in [0.4, 0.5) is 0 Å². The van der Waals surface area contributed by atoms with Crippen molar-refractivity contribution in [2.45, 2.75) is 24.4 Å². The molecule has 0 aliphatic carbocycles. The molecular weight excluding hydrogens is 308 g/mol. The van der Waals surface area contributed by atoms with Crippen LogP contribution in [0.15, 0.2) is 23.1 Å². The second-order valence-corrected chi connectivity index (χ2v) is 5.21. The molecule has 126 valence electrons. The average Bonchev–Trinajstić information content (AvgIpc) is 3.07. The maximum absolute atomic E-state index is 12.1. The van der Waals surface area contributed by atoms with E-state index in [4.69, 9.17) is 19.4 Å². The summed E-state index contributed by atoms with van der Waals surface area (Å²) < 4.78 is 12.2. The van der Waals surface area contributed by atoms with Crippen LogP contribution in [-0.4, -0.2) is 64.7 Å². The van der Waals surface area contributed by atoms with Gasteiger partial charge in [0.25, 0.3) is 17.9 Å². The predicted molar refractivity (Wildman–Crippen MR) is 77.1 cm³/mol. The number of carboxylic acid groups (broad SMARTS) is 1. The third kappa shape index (κ3) is 3.76. The van der Waals surface area contributed by atoms with E-state index in [1.165, 1.54) is 10.6 Å². The molecule has 9 nitrogen and oxygen atoms in total. The molecule has 23 heavy (non-hydrogen) atoms. The van der Waals surface area contributed by atoms with Gasteiger partial charge >= 0.3 is 0 Å². The van der Waals surface area contributed by atoms with Crippen LogP contribution in [-0.2, 0) is 21.3 Å². The highest BCUT2D eigenvalue weighted by Crippen LogP contribution is 2.27. The van der Waals surface area contributed by atoms with E-state index in [0.29, 0.717) is 12.2 Å². The van der Waals surface area contributed by atoms with E-state index in [1.54, 1.807) is 19.3 Å². The molecular formula is C14H18N2O7. The van der Waals surface area contributed by atoms with Crippen molar-refractivity contribution in [3.63, 3.8) is 0 Å². The SMILES string of the molecule is Cn1ccc(C(=O)N[C@@H]2CO[C@H]3[C@@H]2OC[C@H]3O)cc1=O.O=CO. The van der Waals surface area contributed by atoms with E-state index in [2.05, 4.69) is 5.32 Å². The Kier molecular flexibility index (Phi) is 5.48. The number of rotatable bonds is 2. The van der Waals surface area contributed by atoms with Gasteiger partial charge in [0, 0.05) is 24.9 Å². The molecule has 3 N–H and O–H groups in total. The number of amides is 1. The Morgan fingerprint density at radius 2 is 2.04 bits per heavy atom. The van der Waals surface area contributed by atoms with Gasteiger partial charge in [-0.1, -0.05) is 0 Å². The number of aliphatic hydroxyl groups is 1. The smallest absolute Gasteiger partial charge is 0.290 e. The van der Waals surface area contributed by atoms with Crippen LogP contribution < -0.4 is 10.9 Å². The fourth-order valence-corrected chi connectivity index (χ4v) is 2.54. The second-order valence-electron chi connectivity index (χ2n) is 5.21. The van der Waals surface area contributed by atoms with Crippen LogP contribution in [0.1, 0.15) is 10.4 Å². The molecule has 0 radical (unpaired) electrons. The van der Waals surface area contributed by atoms with E-state index in [1.807, 2.05) is 0 Å². The summed E-state index contributed by atoms with van der Waals surface area (Å²) in [4.78, 5) is 32.0. The van der Waals surface area contributed by atoms with E-state index in [9.17, 15) is 14.7 Å². The van der Waals surface area contributed by atoms with Crippen LogP contribution in [0, 0.1) is 0 Å². The van der Waals surface area contributed by atoms with Crippen molar-refractivity contribution in [2.24, 2.45) is 7.05 Å². The molecule has 0 aromatic carbocycles. The van der Waals surface area contributed by atoms with Crippen LogP contribution >= 0.6 is 0 Å². The normalized spacial score (nSPS) is 28.4. The molecule has 2 aliphatic rings. The zero-order valence-electron chi connectivity index (χ0n) is 12.4. The van der Waals surface area contributed by atoms with Gasteiger partial charge in [0.05, 0.1) is 19.3 Å². The maximum atomic E-state index is 12.1. The number of ether oxygens (including phenoxy) is 2. The van der Waals surface area contributed by atoms with Crippen molar-refractivity contribution in [1.29, 1.82) is 0 Å². The molecule has 1 aromatic heterocycles. The molecule has 2 saturated heterocycles. The Morgan fingerprint density at radius 3 is 2.70 bits per heavy atom. The van der Waals surface area contributed by atoms with Gasteiger partial charge in [0.1, 0.15) is 18.3 Å². The summed E-state index contributed by atoms with van der Waals surface area (Å²) in [5.74, 6) is -0.345. The van der Waals surface area contributed by atoms with Crippen molar-refractivity contribution >= 4 is 12.4 Å². The molecule has 0 unspecified atom stereocenters. The highest BCUT2D eigenvalue weighted by molar-refractivity contribution is 5.94. The minimum absolute atomic E-state index is 0.216. The van der Waals surface area contributed by atoms with Crippen molar-refractivity contribution in [2.75, 3.05) is 13.2 Å². The first-order valence-electron chi connectivity index (χ1n) is 6.94. The van der Waals surface area contributed by atoms with Gasteiger partial charge in [-0.25, -0.2) is 0 Å². The lowest BCUT2D eigenvalue weighted by molar-refractivity contribution is -0.122. The van der Waals surface area contributed by atoms with Crippen molar-refractivity contribution in [1.82, 2.24) is 9.88 Å². The third-order valence-corrected chi connectivity index (χ3v) is 3.71. The van der Waals surface area contributed by atoms with Gasteiger partial charge in [-0.3, -0.25) is 14.4 Å². The van der Waals surface area contributed by atoms with Gasteiger partial charge in [0.15, 0.2) is 0 Å². The van der Waals surface area contributed by atoms with Gasteiger partial charge in [0.2, 0.25) is 0 Å². The standard InChI is InChI=1S/C13H16N2O5.CH2O2/c1-15-3-2-7(4-10(15)17)13(18)14-8-5-19-12-9(16)6-20-11(8)12;2-1-3/h2-4,8-9,11-12,16H,5-6H2,1H3,(H,14,18);1H,(H,2,3)/t8-,9-,11-,12-;/m1./s1. The van der Waals surface area contributed by atoms with Crippen LogP contribution in [0.3, 0.4) is 0 Å². The van der Waals surface area contributed by atoms with Crippen molar-refractivity contribution < 1.29 is 29.3 Å². The maximum Gasteiger partial charge on any atom is 0.290 e. The zero-order chi connectivity index (χ0) is 17.0. The van der Waals surface area contributed by atoms with Crippen LogP contribution in [0.5, 0.6) is 0 Å². The Balaban J connectivity index is 0.000000595. The molecule has 4 atom stereocenters. The number of hydrogen-bond acceptors (Lipinski definition) is 6. The summed E-state index contributed by atoms with van der Waals surface area (Å²) in [6.07, 6.45) is 0.177. The molecule has 2 fully saturated rings. The number of nitrogens with one attached hydrogen (secondary N) is 1. The highest BCUT2D eigenvalue weighted by Gasteiger charge is 2.47. The Labute approximate surface area is 131 Å². The number of aromatic nitrogens is 1. The lowest BCUT2D eigenvalue weighted by atomic mass is 10.1. The Morgan fingerprint density at radius 1 is 1.39 bits per heavy atom. The van der Waals surface area contributed by atoms with Crippen LogP contribution in [0.2, 0.25) is 0 Å². The van der Waals surface area contributed by atoms with E-state index >= 15 is 0 Å². The van der Waals surface area contributed by atoms with Crippen molar-refractivity contribution in [3.8, 4) is 0 Å². The number of fused-ring (bicyclic) bond motifs is 1. The summed E-state index contributed by atoms with van der Waals surface area (Å²) >= 11 is 0. The zero-order valence-corrected chi connectivity index (χ0v) is 12.4. The number of pyridine rings is 1. The van der Waals surface area contributed by atoms with E-state index < -0.39 is 6.10 Å². The molecule has 3 rings (SSSR count). The Hall–Kier alpha value is -2.23. The minimum atomic E-state index is -0.647. The van der Waals surface area contributed by atoms with Gasteiger partial charge in [-0.2, -0.15) is 0 Å². The fraction of sp³-hybridized carbons (Fsp3) is 0.500. The van der Waals surface area contributed by atoms with E-state index in [-0.39, 0.29) is 42.8 Å². The minimum Gasteiger partial charge on any atom is -0.483 e. The first-order chi connectivity index (χ1) is 11.0. The Bertz CT molecular complexity index is 630. The summed E-state index contributed by atoms with van der Waals surface area (Å²) in [6.45, 7) is 0.260. The quantitative estimate of drug-likeness (QED) is 0.555. The molecule has 0 saturated carbocycles. The number of aliphatic hydroxyl groups excluding tert-OH is 1. The monoisotopic (exact) mass is 326 g/mol. The number of hydrogen-bond donors (Lipinski definition) is 3. The topological polar surface area (TPSA) is 127 Å². The number of carbonyl (C=O) groups is 2. The average molecular weight is 326 g/mol. The number of carbonyl (C=O) groups excluding carboxylic acids is 1. The number of nitrogens with zero attached hydrogens (tertiary/aromatic N) is 1. The largest absolute Gasteiger partial charge is 0.483 e. The second kappa shape index (κ2) is 7.36. The first kappa shape index (κ1) is 17.1. The molecule has 0 bridgehead atoms. The lowest BCUT2D eigenvalue weighted by Crippen LogP contribution is -2.44. The molecule has 3 heterocycles. The lowest BCUT2D eigenvalue weighted by Gasteiger charge is -2.17. The molecule has 9 heteroatoms. The first-order valence-corrected chi connectivity index (χ1v) is 6.94.